The zero-order valence-corrected chi connectivity index (χ0v) is 10.3. The van der Waals surface area contributed by atoms with Gasteiger partial charge < -0.3 is 9.84 Å². The highest BCUT2D eigenvalue weighted by Gasteiger charge is 2.48. The third-order valence-corrected chi connectivity index (χ3v) is 3.34. The lowest BCUT2D eigenvalue weighted by atomic mass is 9.98. The van der Waals surface area contributed by atoms with Gasteiger partial charge in [0.2, 0.25) is 6.08 Å². The lowest BCUT2D eigenvalue weighted by Gasteiger charge is -2.17. The molecule has 0 amide bonds. The van der Waals surface area contributed by atoms with Crippen LogP contribution in [0.3, 0.4) is 0 Å². The van der Waals surface area contributed by atoms with Crippen LogP contribution in [-0.4, -0.2) is 18.3 Å². The van der Waals surface area contributed by atoms with E-state index in [9.17, 15) is 9.90 Å². The van der Waals surface area contributed by atoms with Gasteiger partial charge in [0.1, 0.15) is 5.54 Å². The van der Waals surface area contributed by atoms with E-state index in [0.29, 0.717) is 10.6 Å². The van der Waals surface area contributed by atoms with Gasteiger partial charge in [0, 0.05) is 5.56 Å². The third-order valence-electron chi connectivity index (χ3n) is 3.06. The first-order valence-corrected chi connectivity index (χ1v) is 5.59. The number of hydrogen-bond acceptors (Lipinski definition) is 4. The summed E-state index contributed by atoms with van der Waals surface area (Å²) in [5.41, 5.74) is 0.778. The quantitative estimate of drug-likeness (QED) is 0.666. The van der Waals surface area contributed by atoms with Crippen molar-refractivity contribution in [3.8, 4) is 11.5 Å². The molecule has 0 unspecified atom stereocenters. The number of isocyanates is 1. The molecule has 5 heteroatoms. The van der Waals surface area contributed by atoms with Gasteiger partial charge in [-0.25, -0.2) is 4.79 Å². The molecule has 1 aliphatic carbocycles. The zero-order valence-electron chi connectivity index (χ0n) is 9.58. The van der Waals surface area contributed by atoms with Crippen molar-refractivity contribution in [2.45, 2.75) is 25.3 Å². The fourth-order valence-corrected chi connectivity index (χ4v) is 2.48. The van der Waals surface area contributed by atoms with E-state index in [1.807, 2.05) is 6.92 Å². The predicted octanol–water partition coefficient (Wildman–Crippen LogP) is 2.69. The number of benzene rings is 1. The third kappa shape index (κ3) is 1.79. The minimum atomic E-state index is -0.631. The summed E-state index contributed by atoms with van der Waals surface area (Å²) in [6.45, 7) is 1.82. The Kier molecular flexibility index (Phi) is 2.86. The van der Waals surface area contributed by atoms with Crippen molar-refractivity contribution in [3.63, 3.8) is 0 Å². The molecule has 0 aliphatic heterocycles. The summed E-state index contributed by atoms with van der Waals surface area (Å²) >= 11 is 5.96. The number of methoxy groups -OCH3 is 1. The Morgan fingerprint density at radius 2 is 2.24 bits per heavy atom. The Balaban J connectivity index is 2.66. The second kappa shape index (κ2) is 4.06. The van der Waals surface area contributed by atoms with Gasteiger partial charge in [-0.3, -0.25) is 0 Å². The number of aryl methyl sites for hydroxylation is 1. The Hall–Kier alpha value is -1.51. The lowest BCUT2D eigenvalue weighted by molar-refractivity contribution is 0.367. The predicted molar refractivity (Wildman–Crippen MR) is 63.4 cm³/mol. The van der Waals surface area contributed by atoms with Crippen LogP contribution in [-0.2, 0) is 10.3 Å². The SMILES string of the molecule is COc1c(Cl)cc(C)c(C2(N=C=O)CC2)c1O. The van der Waals surface area contributed by atoms with Gasteiger partial charge in [-0.1, -0.05) is 11.6 Å². The van der Waals surface area contributed by atoms with Crippen molar-refractivity contribution >= 4 is 17.7 Å². The van der Waals surface area contributed by atoms with Crippen LogP contribution in [0.4, 0.5) is 0 Å². The summed E-state index contributed by atoms with van der Waals surface area (Å²) < 4.78 is 5.05. The summed E-state index contributed by atoms with van der Waals surface area (Å²) in [7, 11) is 1.43. The molecule has 0 atom stereocenters. The number of aromatic hydroxyl groups is 1. The standard InChI is InChI=1S/C12H12ClNO3/c1-7-5-8(13)11(17-2)10(16)9(7)12(3-4-12)14-6-15/h5,16H,3-4H2,1-2H3. The zero-order chi connectivity index (χ0) is 12.6. The maximum atomic E-state index is 10.4. The maximum Gasteiger partial charge on any atom is 0.235 e. The number of phenolic OH excluding ortho intramolecular Hbond substituents is 1. The van der Waals surface area contributed by atoms with Crippen molar-refractivity contribution in [1.29, 1.82) is 0 Å². The van der Waals surface area contributed by atoms with Gasteiger partial charge in [-0.15, -0.1) is 0 Å². The molecule has 1 saturated carbocycles. The minimum absolute atomic E-state index is 0.0333. The van der Waals surface area contributed by atoms with Crippen molar-refractivity contribution in [1.82, 2.24) is 0 Å². The van der Waals surface area contributed by atoms with Crippen LogP contribution in [0.25, 0.3) is 0 Å². The summed E-state index contributed by atoms with van der Waals surface area (Å²) in [4.78, 5) is 14.2. The number of rotatable bonds is 3. The highest BCUT2D eigenvalue weighted by Crippen LogP contribution is 2.56. The molecule has 0 spiro atoms. The smallest absolute Gasteiger partial charge is 0.235 e. The highest BCUT2D eigenvalue weighted by molar-refractivity contribution is 6.32. The van der Waals surface area contributed by atoms with Gasteiger partial charge in [-0.2, -0.15) is 4.99 Å². The number of hydrogen-bond donors (Lipinski definition) is 1. The van der Waals surface area contributed by atoms with Gasteiger partial charge in [0.05, 0.1) is 12.1 Å². The molecule has 0 radical (unpaired) electrons. The summed E-state index contributed by atoms with van der Waals surface area (Å²) in [6, 6.07) is 1.70. The lowest BCUT2D eigenvalue weighted by Crippen LogP contribution is -2.06. The molecular weight excluding hydrogens is 242 g/mol. The summed E-state index contributed by atoms with van der Waals surface area (Å²) in [6.07, 6.45) is 3.01. The topological polar surface area (TPSA) is 58.9 Å². The van der Waals surface area contributed by atoms with E-state index >= 15 is 0 Å². The first kappa shape index (κ1) is 12.0. The van der Waals surface area contributed by atoms with Crippen LogP contribution < -0.4 is 4.74 Å². The Bertz CT molecular complexity index is 517. The molecule has 0 aromatic heterocycles. The van der Waals surface area contributed by atoms with Gasteiger partial charge >= 0.3 is 0 Å². The number of carbonyl (C=O) groups excluding carboxylic acids is 1. The van der Waals surface area contributed by atoms with Crippen molar-refractivity contribution in [2.75, 3.05) is 7.11 Å². The summed E-state index contributed by atoms with van der Waals surface area (Å²) in [5, 5.41) is 10.5. The molecule has 17 heavy (non-hydrogen) atoms. The molecule has 1 aromatic carbocycles. The van der Waals surface area contributed by atoms with Crippen LogP contribution in [0.2, 0.25) is 5.02 Å². The molecule has 0 heterocycles. The maximum absolute atomic E-state index is 10.4. The van der Waals surface area contributed by atoms with E-state index < -0.39 is 5.54 Å². The summed E-state index contributed by atoms with van der Waals surface area (Å²) in [5.74, 6) is 0.189. The van der Waals surface area contributed by atoms with Crippen molar-refractivity contribution < 1.29 is 14.6 Å². The van der Waals surface area contributed by atoms with E-state index in [4.69, 9.17) is 16.3 Å². The molecular formula is C12H12ClNO3. The molecule has 4 nitrogen and oxygen atoms in total. The first-order valence-electron chi connectivity index (χ1n) is 5.21. The Morgan fingerprint density at radius 3 is 2.71 bits per heavy atom. The Labute approximate surface area is 104 Å². The molecule has 1 aromatic rings. The molecule has 1 aliphatic rings. The second-order valence-electron chi connectivity index (χ2n) is 4.17. The van der Waals surface area contributed by atoms with Gasteiger partial charge in [0.25, 0.3) is 0 Å². The normalized spacial score (nSPS) is 16.2. The van der Waals surface area contributed by atoms with Crippen LogP contribution >= 0.6 is 11.6 Å². The Morgan fingerprint density at radius 1 is 1.59 bits per heavy atom. The van der Waals surface area contributed by atoms with Crippen molar-refractivity contribution in [3.05, 3.63) is 22.2 Å². The monoisotopic (exact) mass is 253 g/mol. The fraction of sp³-hybridized carbons (Fsp3) is 0.417. The van der Waals surface area contributed by atoms with E-state index in [1.165, 1.54) is 7.11 Å². The molecule has 1 N–H and O–H groups in total. The van der Waals surface area contributed by atoms with E-state index in [1.54, 1.807) is 12.1 Å². The van der Waals surface area contributed by atoms with Gasteiger partial charge in [-0.05, 0) is 31.4 Å². The highest BCUT2D eigenvalue weighted by atomic mass is 35.5. The van der Waals surface area contributed by atoms with E-state index in [-0.39, 0.29) is 11.5 Å². The van der Waals surface area contributed by atoms with Crippen LogP contribution in [0.5, 0.6) is 11.5 Å². The fourth-order valence-electron chi connectivity index (χ4n) is 2.15. The number of aliphatic imine (C=N–C) groups is 1. The average Bonchev–Trinajstić information content (AvgIpc) is 2.98. The number of ether oxygens (including phenoxy) is 1. The van der Waals surface area contributed by atoms with E-state index in [0.717, 1.165) is 18.4 Å². The van der Waals surface area contributed by atoms with Crippen molar-refractivity contribution in [2.24, 2.45) is 4.99 Å². The average molecular weight is 254 g/mol. The minimum Gasteiger partial charge on any atom is -0.504 e. The molecule has 90 valence electrons. The largest absolute Gasteiger partial charge is 0.504 e. The van der Waals surface area contributed by atoms with Crippen LogP contribution in [0, 0.1) is 6.92 Å². The second-order valence-corrected chi connectivity index (χ2v) is 4.57. The molecule has 0 saturated heterocycles. The van der Waals surface area contributed by atoms with Crippen LogP contribution in [0.1, 0.15) is 24.0 Å². The molecule has 1 fully saturated rings. The first-order chi connectivity index (χ1) is 8.05. The number of nitrogens with zero attached hydrogens (tertiary/aromatic N) is 1. The number of phenols is 1. The molecule has 2 rings (SSSR count). The van der Waals surface area contributed by atoms with Crippen LogP contribution in [0.15, 0.2) is 11.1 Å². The number of halogens is 1. The van der Waals surface area contributed by atoms with Gasteiger partial charge in [0.15, 0.2) is 11.5 Å². The molecule has 0 bridgehead atoms. The van der Waals surface area contributed by atoms with E-state index in [2.05, 4.69) is 4.99 Å².